The summed E-state index contributed by atoms with van der Waals surface area (Å²) in [5.41, 5.74) is 0.246. The van der Waals surface area contributed by atoms with Crippen molar-refractivity contribution >= 4 is 0 Å². The van der Waals surface area contributed by atoms with E-state index in [9.17, 15) is 13.2 Å². The predicted molar refractivity (Wildman–Crippen MR) is 65.6 cm³/mol. The Kier molecular flexibility index (Phi) is 3.61. The van der Waals surface area contributed by atoms with Gasteiger partial charge in [0.05, 0.1) is 17.3 Å². The van der Waals surface area contributed by atoms with Crippen LogP contribution in [-0.4, -0.2) is 16.8 Å². The van der Waals surface area contributed by atoms with Crippen molar-refractivity contribution in [1.29, 1.82) is 0 Å². The molecule has 1 unspecified atom stereocenters. The highest BCUT2D eigenvalue weighted by Gasteiger charge is 2.35. The number of benzene rings is 1. The molecule has 19 heavy (non-hydrogen) atoms. The highest BCUT2D eigenvalue weighted by molar-refractivity contribution is 5.36. The van der Waals surface area contributed by atoms with E-state index in [0.717, 1.165) is 6.07 Å². The number of hydrogen-bond acceptors (Lipinski definition) is 2. The van der Waals surface area contributed by atoms with Gasteiger partial charge in [0.2, 0.25) is 0 Å². The average Bonchev–Trinajstić information content (AvgIpc) is 2.76. The topological polar surface area (TPSA) is 29.9 Å². The minimum atomic E-state index is -4.37. The third-order valence-electron chi connectivity index (χ3n) is 3.02. The molecule has 2 aromatic rings. The first kappa shape index (κ1) is 13.6. The third kappa shape index (κ3) is 2.63. The molecule has 0 aliphatic rings. The molecule has 0 bridgehead atoms. The van der Waals surface area contributed by atoms with E-state index >= 15 is 0 Å². The van der Waals surface area contributed by atoms with Crippen LogP contribution in [0.5, 0.6) is 0 Å². The number of halogens is 3. The number of aromatic nitrogens is 2. The van der Waals surface area contributed by atoms with Crippen molar-refractivity contribution in [3.05, 3.63) is 53.3 Å². The fourth-order valence-electron chi connectivity index (χ4n) is 2.14. The van der Waals surface area contributed by atoms with Gasteiger partial charge in [0.15, 0.2) is 0 Å². The molecule has 6 heteroatoms. The fourth-order valence-corrected chi connectivity index (χ4v) is 2.14. The van der Waals surface area contributed by atoms with Gasteiger partial charge >= 0.3 is 6.18 Å². The van der Waals surface area contributed by atoms with Crippen LogP contribution >= 0.6 is 0 Å². The Morgan fingerprint density at radius 3 is 2.42 bits per heavy atom. The second-order valence-electron chi connectivity index (χ2n) is 4.19. The van der Waals surface area contributed by atoms with E-state index in [4.69, 9.17) is 0 Å². The molecule has 3 nitrogen and oxygen atoms in total. The third-order valence-corrected chi connectivity index (χ3v) is 3.02. The zero-order valence-corrected chi connectivity index (χ0v) is 10.6. The van der Waals surface area contributed by atoms with Crippen LogP contribution in [0, 0.1) is 0 Å². The van der Waals surface area contributed by atoms with E-state index in [2.05, 4.69) is 10.4 Å². The summed E-state index contributed by atoms with van der Waals surface area (Å²) < 4.78 is 40.7. The Morgan fingerprint density at radius 2 is 1.89 bits per heavy atom. The monoisotopic (exact) mass is 269 g/mol. The quantitative estimate of drug-likeness (QED) is 0.928. The van der Waals surface area contributed by atoms with Gasteiger partial charge in [0.1, 0.15) is 0 Å². The smallest absolute Gasteiger partial charge is 0.308 e. The summed E-state index contributed by atoms with van der Waals surface area (Å²) in [6.07, 6.45) is -2.81. The zero-order chi connectivity index (χ0) is 14.0. The van der Waals surface area contributed by atoms with Crippen molar-refractivity contribution in [2.45, 2.75) is 12.2 Å². The van der Waals surface area contributed by atoms with Gasteiger partial charge in [-0.05, 0) is 24.7 Å². The summed E-state index contributed by atoms with van der Waals surface area (Å²) in [7, 11) is 3.33. The lowest BCUT2D eigenvalue weighted by molar-refractivity contribution is -0.138. The Balaban J connectivity index is 2.54. The number of aryl methyl sites for hydroxylation is 1. The Bertz CT molecular complexity index is 560. The molecule has 0 spiro atoms. The normalized spacial score (nSPS) is 13.5. The lowest BCUT2D eigenvalue weighted by Crippen LogP contribution is -2.24. The summed E-state index contributed by atoms with van der Waals surface area (Å²) >= 11 is 0. The largest absolute Gasteiger partial charge is 0.416 e. The highest BCUT2D eigenvalue weighted by atomic mass is 19.4. The van der Waals surface area contributed by atoms with Crippen LogP contribution in [0.3, 0.4) is 0 Å². The molecule has 1 N–H and O–H groups in total. The Hall–Kier alpha value is -1.82. The van der Waals surface area contributed by atoms with Gasteiger partial charge in [-0.2, -0.15) is 18.3 Å². The first-order valence-electron chi connectivity index (χ1n) is 5.76. The number of alkyl halides is 3. The summed E-state index contributed by atoms with van der Waals surface area (Å²) in [6, 6.07) is 6.72. The van der Waals surface area contributed by atoms with Gasteiger partial charge in [0, 0.05) is 13.2 Å². The van der Waals surface area contributed by atoms with Crippen molar-refractivity contribution in [2.75, 3.05) is 7.05 Å². The van der Waals surface area contributed by atoms with Crippen molar-refractivity contribution in [1.82, 2.24) is 15.1 Å². The van der Waals surface area contributed by atoms with Crippen molar-refractivity contribution in [2.24, 2.45) is 7.05 Å². The van der Waals surface area contributed by atoms with Crippen LogP contribution in [0.1, 0.15) is 22.9 Å². The molecule has 1 heterocycles. The van der Waals surface area contributed by atoms with E-state index in [1.54, 1.807) is 37.1 Å². The molecule has 1 aromatic heterocycles. The van der Waals surface area contributed by atoms with Crippen LogP contribution in [0.15, 0.2) is 36.5 Å². The number of hydrogen-bond donors (Lipinski definition) is 1. The summed E-state index contributed by atoms with van der Waals surface area (Å²) in [5, 5.41) is 6.91. The standard InChI is InChI=1S/C13H14F3N3/c1-17-12(11-7-8-18-19(11)2)9-5-3-4-6-10(9)13(14,15)16/h3-8,12,17H,1-2H3. The van der Waals surface area contributed by atoms with Gasteiger partial charge in [-0.25, -0.2) is 0 Å². The maximum Gasteiger partial charge on any atom is 0.416 e. The van der Waals surface area contributed by atoms with Crippen LogP contribution in [0.2, 0.25) is 0 Å². The molecular formula is C13H14F3N3. The molecule has 0 fully saturated rings. The van der Waals surface area contributed by atoms with Gasteiger partial charge in [-0.3, -0.25) is 4.68 Å². The second kappa shape index (κ2) is 5.05. The van der Waals surface area contributed by atoms with Crippen LogP contribution in [-0.2, 0) is 13.2 Å². The minimum absolute atomic E-state index is 0.195. The maximum absolute atomic E-state index is 13.0. The highest BCUT2D eigenvalue weighted by Crippen LogP contribution is 2.36. The zero-order valence-electron chi connectivity index (χ0n) is 10.6. The number of nitrogens with zero attached hydrogens (tertiary/aromatic N) is 2. The summed E-state index contributed by atoms with van der Waals surface area (Å²) in [5.74, 6) is 0. The fraction of sp³-hybridized carbons (Fsp3) is 0.308. The molecule has 1 atom stereocenters. The summed E-state index contributed by atoms with van der Waals surface area (Å²) in [6.45, 7) is 0. The van der Waals surface area contributed by atoms with Crippen LogP contribution in [0.4, 0.5) is 13.2 Å². The van der Waals surface area contributed by atoms with E-state index in [0.29, 0.717) is 5.69 Å². The van der Waals surface area contributed by atoms with Gasteiger partial charge in [0.25, 0.3) is 0 Å². The number of rotatable bonds is 3. The molecule has 0 saturated heterocycles. The molecule has 1 aromatic carbocycles. The Labute approximate surface area is 109 Å². The molecule has 0 aliphatic heterocycles. The van der Waals surface area contributed by atoms with Crippen molar-refractivity contribution in [3.8, 4) is 0 Å². The van der Waals surface area contributed by atoms with Crippen molar-refractivity contribution < 1.29 is 13.2 Å². The minimum Gasteiger partial charge on any atom is -0.308 e. The molecule has 102 valence electrons. The van der Waals surface area contributed by atoms with E-state index in [-0.39, 0.29) is 5.56 Å². The first-order valence-corrected chi connectivity index (χ1v) is 5.76. The Morgan fingerprint density at radius 1 is 1.21 bits per heavy atom. The van der Waals surface area contributed by atoms with Gasteiger partial charge < -0.3 is 5.32 Å². The van der Waals surface area contributed by atoms with E-state index in [1.807, 2.05) is 0 Å². The predicted octanol–water partition coefficient (Wildman–Crippen LogP) is 2.75. The lowest BCUT2D eigenvalue weighted by atomic mass is 9.97. The van der Waals surface area contributed by atoms with Crippen LogP contribution in [0.25, 0.3) is 0 Å². The molecule has 0 aliphatic carbocycles. The SMILES string of the molecule is CNC(c1ccccc1C(F)(F)F)c1ccnn1C. The summed E-state index contributed by atoms with van der Waals surface area (Å²) in [4.78, 5) is 0. The van der Waals surface area contributed by atoms with Crippen LogP contribution < -0.4 is 5.32 Å². The van der Waals surface area contributed by atoms with E-state index in [1.165, 1.54) is 12.1 Å². The van der Waals surface area contributed by atoms with Gasteiger partial charge in [-0.15, -0.1) is 0 Å². The van der Waals surface area contributed by atoms with E-state index < -0.39 is 17.8 Å². The maximum atomic E-state index is 13.0. The lowest BCUT2D eigenvalue weighted by Gasteiger charge is -2.21. The molecule has 0 amide bonds. The average molecular weight is 269 g/mol. The number of nitrogens with one attached hydrogen (secondary N) is 1. The molecule has 0 radical (unpaired) electrons. The first-order chi connectivity index (χ1) is 8.95. The molecular weight excluding hydrogens is 255 g/mol. The van der Waals surface area contributed by atoms with Crippen molar-refractivity contribution in [3.63, 3.8) is 0 Å². The second-order valence-corrected chi connectivity index (χ2v) is 4.19. The molecule has 0 saturated carbocycles. The van der Waals surface area contributed by atoms with Gasteiger partial charge in [-0.1, -0.05) is 18.2 Å². The molecule has 2 rings (SSSR count).